The number of carbonyl (C=O) groups is 1. The highest BCUT2D eigenvalue weighted by atomic mass is 16.5. The van der Waals surface area contributed by atoms with E-state index in [1.54, 1.807) is 20.4 Å². The molecule has 0 saturated carbocycles. The molecule has 0 saturated heterocycles. The summed E-state index contributed by atoms with van der Waals surface area (Å²) in [7, 11) is 3.19. The second-order valence-electron chi connectivity index (χ2n) is 4.61. The van der Waals surface area contributed by atoms with Crippen LogP contribution < -0.4 is 9.47 Å². The molecule has 0 aliphatic rings. The van der Waals surface area contributed by atoms with E-state index in [0.717, 1.165) is 17.1 Å². The highest BCUT2D eigenvalue weighted by Crippen LogP contribution is 2.28. The van der Waals surface area contributed by atoms with E-state index in [2.05, 4.69) is 9.97 Å². The number of H-pyrrole nitrogens is 1. The minimum absolute atomic E-state index is 0.0952. The van der Waals surface area contributed by atoms with Crippen LogP contribution in [0.4, 0.5) is 0 Å². The maximum absolute atomic E-state index is 10.5. The largest absolute Gasteiger partial charge is 0.493 e. The summed E-state index contributed by atoms with van der Waals surface area (Å²) < 4.78 is 10.5. The van der Waals surface area contributed by atoms with E-state index in [1.807, 2.05) is 18.2 Å². The Morgan fingerprint density at radius 1 is 1.29 bits per heavy atom. The Bertz CT molecular complexity index is 622. The van der Waals surface area contributed by atoms with Crippen LogP contribution in [-0.4, -0.2) is 35.3 Å². The molecule has 2 aromatic rings. The predicted molar refractivity (Wildman–Crippen MR) is 76.9 cm³/mol. The fourth-order valence-electron chi connectivity index (χ4n) is 2.05. The molecule has 112 valence electrons. The number of aliphatic carboxylic acids is 1. The Hall–Kier alpha value is -2.50. The molecule has 0 aliphatic carbocycles. The van der Waals surface area contributed by atoms with Gasteiger partial charge in [0.15, 0.2) is 11.5 Å². The van der Waals surface area contributed by atoms with E-state index in [9.17, 15) is 4.79 Å². The van der Waals surface area contributed by atoms with Gasteiger partial charge in [-0.1, -0.05) is 6.07 Å². The molecule has 0 bridgehead atoms. The van der Waals surface area contributed by atoms with Crippen molar-refractivity contribution in [3.05, 3.63) is 41.5 Å². The standard InChI is InChI=1S/C15H18N2O4/c1-20-12-5-3-10(7-13(12)21-2)8-14-16-9-11(17-14)4-6-15(18)19/h3,5,7,9H,4,6,8H2,1-2H3,(H,16,17)(H,18,19). The van der Waals surface area contributed by atoms with Crippen molar-refractivity contribution in [1.82, 2.24) is 9.97 Å². The van der Waals surface area contributed by atoms with Gasteiger partial charge in [0, 0.05) is 18.3 Å². The molecule has 6 nitrogen and oxygen atoms in total. The lowest BCUT2D eigenvalue weighted by molar-refractivity contribution is -0.136. The number of nitrogens with one attached hydrogen (secondary N) is 1. The van der Waals surface area contributed by atoms with Crippen LogP contribution in [0.5, 0.6) is 11.5 Å². The Kier molecular flexibility index (Phi) is 4.81. The van der Waals surface area contributed by atoms with Crippen molar-refractivity contribution in [2.75, 3.05) is 14.2 Å². The minimum Gasteiger partial charge on any atom is -0.493 e. The maximum atomic E-state index is 10.5. The molecule has 0 spiro atoms. The molecule has 6 heteroatoms. The molecule has 0 unspecified atom stereocenters. The summed E-state index contributed by atoms with van der Waals surface area (Å²) in [6, 6.07) is 5.70. The van der Waals surface area contributed by atoms with Gasteiger partial charge in [-0.25, -0.2) is 4.98 Å². The first-order chi connectivity index (χ1) is 10.1. The lowest BCUT2D eigenvalue weighted by Gasteiger charge is -2.08. The van der Waals surface area contributed by atoms with Gasteiger partial charge < -0.3 is 19.6 Å². The molecule has 1 aromatic heterocycles. The Morgan fingerprint density at radius 2 is 2.05 bits per heavy atom. The van der Waals surface area contributed by atoms with Crippen LogP contribution in [0, 0.1) is 0 Å². The average molecular weight is 290 g/mol. The van der Waals surface area contributed by atoms with Gasteiger partial charge in [0.2, 0.25) is 0 Å². The van der Waals surface area contributed by atoms with Crippen molar-refractivity contribution in [2.45, 2.75) is 19.3 Å². The number of ether oxygens (including phenoxy) is 2. The zero-order chi connectivity index (χ0) is 15.2. The number of rotatable bonds is 7. The topological polar surface area (TPSA) is 84.4 Å². The Balaban J connectivity index is 2.06. The second-order valence-corrected chi connectivity index (χ2v) is 4.61. The number of methoxy groups -OCH3 is 2. The molecule has 0 fully saturated rings. The van der Waals surface area contributed by atoms with Crippen LogP contribution in [0.15, 0.2) is 24.4 Å². The molecule has 0 atom stereocenters. The summed E-state index contributed by atoms with van der Waals surface area (Å²) in [5.41, 5.74) is 1.86. The van der Waals surface area contributed by atoms with Crippen molar-refractivity contribution in [2.24, 2.45) is 0 Å². The van der Waals surface area contributed by atoms with Crippen LogP contribution in [0.1, 0.15) is 23.5 Å². The van der Waals surface area contributed by atoms with Crippen LogP contribution in [-0.2, 0) is 17.6 Å². The number of benzene rings is 1. The van der Waals surface area contributed by atoms with Gasteiger partial charge in [-0.3, -0.25) is 4.79 Å². The van der Waals surface area contributed by atoms with Gasteiger partial charge in [0.25, 0.3) is 0 Å². The summed E-state index contributed by atoms with van der Waals surface area (Å²) in [5, 5.41) is 8.66. The first-order valence-corrected chi connectivity index (χ1v) is 6.58. The van der Waals surface area contributed by atoms with E-state index >= 15 is 0 Å². The van der Waals surface area contributed by atoms with Crippen molar-refractivity contribution in [3.8, 4) is 11.5 Å². The van der Waals surface area contributed by atoms with Crippen LogP contribution >= 0.6 is 0 Å². The Morgan fingerprint density at radius 3 is 2.71 bits per heavy atom. The van der Waals surface area contributed by atoms with E-state index < -0.39 is 5.97 Å². The number of imidazole rings is 1. The lowest BCUT2D eigenvalue weighted by Crippen LogP contribution is -1.98. The fraction of sp³-hybridized carbons (Fsp3) is 0.333. The molecule has 1 aromatic carbocycles. The summed E-state index contributed by atoms with van der Waals surface area (Å²) in [6.45, 7) is 0. The van der Waals surface area contributed by atoms with E-state index in [-0.39, 0.29) is 6.42 Å². The van der Waals surface area contributed by atoms with Gasteiger partial charge in [0.1, 0.15) is 5.82 Å². The van der Waals surface area contributed by atoms with E-state index in [4.69, 9.17) is 14.6 Å². The zero-order valence-electron chi connectivity index (χ0n) is 12.0. The molecular weight excluding hydrogens is 272 g/mol. The maximum Gasteiger partial charge on any atom is 0.303 e. The number of aryl methyl sites for hydroxylation is 1. The number of hydrogen-bond donors (Lipinski definition) is 2. The molecule has 21 heavy (non-hydrogen) atoms. The molecule has 0 radical (unpaired) electrons. The quantitative estimate of drug-likeness (QED) is 0.815. The average Bonchev–Trinajstić information content (AvgIpc) is 2.92. The normalized spacial score (nSPS) is 10.4. The van der Waals surface area contributed by atoms with Gasteiger partial charge in [-0.15, -0.1) is 0 Å². The highest BCUT2D eigenvalue weighted by molar-refractivity contribution is 5.66. The third kappa shape index (κ3) is 3.98. The van der Waals surface area contributed by atoms with E-state index in [0.29, 0.717) is 24.3 Å². The number of aromatic amines is 1. The van der Waals surface area contributed by atoms with Crippen molar-refractivity contribution >= 4 is 5.97 Å². The minimum atomic E-state index is -0.814. The monoisotopic (exact) mass is 290 g/mol. The third-order valence-corrected chi connectivity index (χ3v) is 3.11. The molecule has 2 N–H and O–H groups in total. The number of hydrogen-bond acceptors (Lipinski definition) is 4. The van der Waals surface area contributed by atoms with Crippen LogP contribution in [0.3, 0.4) is 0 Å². The lowest BCUT2D eigenvalue weighted by atomic mass is 10.1. The summed E-state index contributed by atoms with van der Waals surface area (Å²) in [5.74, 6) is 1.34. The van der Waals surface area contributed by atoms with E-state index in [1.165, 1.54) is 0 Å². The van der Waals surface area contributed by atoms with Gasteiger partial charge in [0.05, 0.1) is 20.6 Å². The fourth-order valence-corrected chi connectivity index (χ4v) is 2.05. The van der Waals surface area contributed by atoms with Gasteiger partial charge in [-0.2, -0.15) is 0 Å². The summed E-state index contributed by atoms with van der Waals surface area (Å²) in [4.78, 5) is 17.9. The number of nitrogens with zero attached hydrogens (tertiary/aromatic N) is 1. The smallest absolute Gasteiger partial charge is 0.303 e. The molecule has 1 heterocycles. The SMILES string of the molecule is COc1ccc(Cc2ncc(CCC(=O)O)[nH]2)cc1OC. The van der Waals surface area contributed by atoms with Gasteiger partial charge in [-0.05, 0) is 24.1 Å². The summed E-state index contributed by atoms with van der Waals surface area (Å²) >= 11 is 0. The first-order valence-electron chi connectivity index (χ1n) is 6.58. The van der Waals surface area contributed by atoms with Crippen molar-refractivity contribution in [3.63, 3.8) is 0 Å². The number of aromatic nitrogens is 2. The van der Waals surface area contributed by atoms with Crippen molar-refractivity contribution < 1.29 is 19.4 Å². The van der Waals surface area contributed by atoms with Crippen LogP contribution in [0.2, 0.25) is 0 Å². The highest BCUT2D eigenvalue weighted by Gasteiger charge is 2.08. The van der Waals surface area contributed by atoms with Crippen LogP contribution in [0.25, 0.3) is 0 Å². The molecular formula is C15H18N2O4. The number of carboxylic acid groups (broad SMARTS) is 1. The summed E-state index contributed by atoms with van der Waals surface area (Å²) in [6.07, 6.45) is 2.85. The first kappa shape index (κ1) is 14.9. The number of carboxylic acids is 1. The Labute approximate surface area is 122 Å². The molecule has 2 rings (SSSR count). The predicted octanol–water partition coefficient (Wildman–Crippen LogP) is 2.03. The van der Waals surface area contributed by atoms with Crippen molar-refractivity contribution in [1.29, 1.82) is 0 Å². The second kappa shape index (κ2) is 6.78. The molecule has 0 amide bonds. The zero-order valence-corrected chi connectivity index (χ0v) is 12.0. The molecule has 0 aliphatic heterocycles. The third-order valence-electron chi connectivity index (χ3n) is 3.11. The van der Waals surface area contributed by atoms with Gasteiger partial charge >= 0.3 is 5.97 Å².